The van der Waals surface area contributed by atoms with Crippen LogP contribution in [0.25, 0.3) is 0 Å². The first-order chi connectivity index (χ1) is 7.52. The minimum Gasteiger partial charge on any atom is -0.447 e. The van der Waals surface area contributed by atoms with Gasteiger partial charge in [-0.05, 0) is 13.3 Å². The number of carbonyl (C=O) groups is 1. The second-order valence-corrected chi connectivity index (χ2v) is 4.56. The van der Waals surface area contributed by atoms with Gasteiger partial charge in [0.1, 0.15) is 6.61 Å². The topological polar surface area (TPSA) is 67.8 Å². The third kappa shape index (κ3) is 2.86. The van der Waals surface area contributed by atoms with Crippen molar-refractivity contribution in [2.75, 3.05) is 19.8 Å². The largest absolute Gasteiger partial charge is 0.447 e. The SMILES string of the molecule is CCOC1CC(NC(=O)OCCO)C1(C)C. The molecule has 0 spiro atoms. The Morgan fingerprint density at radius 2 is 2.25 bits per heavy atom. The molecule has 0 radical (unpaired) electrons. The minimum atomic E-state index is -0.470. The van der Waals surface area contributed by atoms with E-state index in [9.17, 15) is 4.79 Å². The van der Waals surface area contributed by atoms with Crippen molar-refractivity contribution in [3.8, 4) is 0 Å². The summed E-state index contributed by atoms with van der Waals surface area (Å²) in [5.41, 5.74) is -0.0613. The molecule has 94 valence electrons. The number of aliphatic hydroxyl groups is 1. The monoisotopic (exact) mass is 231 g/mol. The van der Waals surface area contributed by atoms with Crippen LogP contribution >= 0.6 is 0 Å². The fourth-order valence-corrected chi connectivity index (χ4v) is 1.94. The average molecular weight is 231 g/mol. The summed E-state index contributed by atoms with van der Waals surface area (Å²) in [7, 11) is 0. The van der Waals surface area contributed by atoms with E-state index >= 15 is 0 Å². The molecule has 1 fully saturated rings. The third-order valence-electron chi connectivity index (χ3n) is 3.16. The highest BCUT2D eigenvalue weighted by Gasteiger charge is 2.49. The molecule has 16 heavy (non-hydrogen) atoms. The Kier molecular flexibility index (Phi) is 4.56. The zero-order valence-electron chi connectivity index (χ0n) is 10.2. The summed E-state index contributed by atoms with van der Waals surface area (Å²) in [5.74, 6) is 0. The first-order valence-corrected chi connectivity index (χ1v) is 5.68. The van der Waals surface area contributed by atoms with Crippen LogP contribution < -0.4 is 5.32 Å². The molecule has 2 unspecified atom stereocenters. The van der Waals surface area contributed by atoms with Gasteiger partial charge < -0.3 is 19.9 Å². The Morgan fingerprint density at radius 3 is 2.75 bits per heavy atom. The average Bonchev–Trinajstić information content (AvgIpc) is 2.25. The number of aliphatic hydroxyl groups excluding tert-OH is 1. The van der Waals surface area contributed by atoms with Crippen molar-refractivity contribution in [3.05, 3.63) is 0 Å². The second kappa shape index (κ2) is 5.50. The molecule has 1 rings (SSSR count). The molecule has 5 nitrogen and oxygen atoms in total. The van der Waals surface area contributed by atoms with Crippen LogP contribution in [0.2, 0.25) is 0 Å². The van der Waals surface area contributed by atoms with Crippen LogP contribution in [0.3, 0.4) is 0 Å². The summed E-state index contributed by atoms with van der Waals surface area (Å²) < 4.78 is 10.3. The van der Waals surface area contributed by atoms with Gasteiger partial charge in [-0.1, -0.05) is 13.8 Å². The molecule has 0 aromatic heterocycles. The number of hydrogen-bond donors (Lipinski definition) is 2. The number of carbonyl (C=O) groups excluding carboxylic acids is 1. The maximum absolute atomic E-state index is 11.3. The maximum Gasteiger partial charge on any atom is 0.407 e. The van der Waals surface area contributed by atoms with Gasteiger partial charge in [0.2, 0.25) is 0 Å². The third-order valence-corrected chi connectivity index (χ3v) is 3.16. The predicted molar refractivity (Wildman–Crippen MR) is 59.2 cm³/mol. The molecule has 0 heterocycles. The smallest absolute Gasteiger partial charge is 0.407 e. The van der Waals surface area contributed by atoms with Crippen molar-refractivity contribution in [1.82, 2.24) is 5.32 Å². The molecule has 0 bridgehead atoms. The van der Waals surface area contributed by atoms with E-state index in [1.165, 1.54) is 0 Å². The van der Waals surface area contributed by atoms with Gasteiger partial charge in [0.25, 0.3) is 0 Å². The minimum absolute atomic E-state index is 0.0356. The molecule has 5 heteroatoms. The van der Waals surface area contributed by atoms with E-state index in [1.807, 2.05) is 6.92 Å². The van der Waals surface area contributed by atoms with Crippen molar-refractivity contribution in [3.63, 3.8) is 0 Å². The molecule has 1 aliphatic rings. The van der Waals surface area contributed by atoms with Crippen LogP contribution in [0.15, 0.2) is 0 Å². The van der Waals surface area contributed by atoms with Crippen molar-refractivity contribution in [1.29, 1.82) is 0 Å². The molecular weight excluding hydrogens is 210 g/mol. The molecule has 2 N–H and O–H groups in total. The Morgan fingerprint density at radius 1 is 1.56 bits per heavy atom. The van der Waals surface area contributed by atoms with E-state index in [0.717, 1.165) is 6.42 Å². The van der Waals surface area contributed by atoms with E-state index in [1.54, 1.807) is 0 Å². The number of alkyl carbamates (subject to hydrolysis) is 1. The van der Waals surface area contributed by atoms with Crippen molar-refractivity contribution in [2.45, 2.75) is 39.3 Å². The molecule has 0 aliphatic heterocycles. The molecule has 0 saturated heterocycles. The highest BCUT2D eigenvalue weighted by molar-refractivity contribution is 5.68. The van der Waals surface area contributed by atoms with E-state index in [-0.39, 0.29) is 30.8 Å². The van der Waals surface area contributed by atoms with E-state index in [0.29, 0.717) is 6.61 Å². The van der Waals surface area contributed by atoms with Gasteiger partial charge in [-0.3, -0.25) is 0 Å². The van der Waals surface area contributed by atoms with Crippen molar-refractivity contribution < 1.29 is 19.4 Å². The molecule has 1 aliphatic carbocycles. The van der Waals surface area contributed by atoms with Gasteiger partial charge in [0, 0.05) is 18.1 Å². The van der Waals surface area contributed by atoms with Crippen LogP contribution in [-0.4, -0.2) is 43.2 Å². The molecule has 0 aromatic rings. The van der Waals surface area contributed by atoms with Crippen molar-refractivity contribution in [2.24, 2.45) is 5.41 Å². The summed E-state index contributed by atoms with van der Waals surface area (Å²) >= 11 is 0. The van der Waals surface area contributed by atoms with Crippen LogP contribution in [0.1, 0.15) is 27.2 Å². The Hall–Kier alpha value is -0.810. The maximum atomic E-state index is 11.3. The normalized spacial score (nSPS) is 27.0. The van der Waals surface area contributed by atoms with Crippen LogP contribution in [-0.2, 0) is 9.47 Å². The quantitative estimate of drug-likeness (QED) is 0.738. The highest BCUT2D eigenvalue weighted by Crippen LogP contribution is 2.42. The number of amides is 1. The lowest BCUT2D eigenvalue weighted by Crippen LogP contribution is -2.62. The summed E-state index contributed by atoms with van der Waals surface area (Å²) in [6.07, 6.45) is 0.539. The fourth-order valence-electron chi connectivity index (χ4n) is 1.94. The van der Waals surface area contributed by atoms with Gasteiger partial charge >= 0.3 is 6.09 Å². The Balaban J connectivity index is 2.32. The standard InChI is InChI=1S/C11H21NO4/c1-4-15-9-7-8(11(9,2)3)12-10(14)16-6-5-13/h8-9,13H,4-7H2,1-3H3,(H,12,14). The lowest BCUT2D eigenvalue weighted by molar-refractivity contribution is -0.112. The molecular formula is C11H21NO4. The Bertz CT molecular complexity index is 242. The summed E-state index contributed by atoms with van der Waals surface area (Å²) in [6, 6.07) is 0.0789. The number of rotatable bonds is 5. The molecule has 1 saturated carbocycles. The van der Waals surface area contributed by atoms with Crippen LogP contribution in [0, 0.1) is 5.41 Å². The lowest BCUT2D eigenvalue weighted by Gasteiger charge is -2.51. The number of ether oxygens (including phenoxy) is 2. The first kappa shape index (κ1) is 13.3. The van der Waals surface area contributed by atoms with E-state index < -0.39 is 6.09 Å². The van der Waals surface area contributed by atoms with E-state index in [2.05, 4.69) is 19.2 Å². The van der Waals surface area contributed by atoms with Crippen LogP contribution in [0.5, 0.6) is 0 Å². The summed E-state index contributed by atoms with van der Waals surface area (Å²) in [6.45, 7) is 6.67. The zero-order chi connectivity index (χ0) is 12.2. The first-order valence-electron chi connectivity index (χ1n) is 5.68. The summed E-state index contributed by atoms with van der Waals surface area (Å²) in [4.78, 5) is 11.3. The van der Waals surface area contributed by atoms with Gasteiger partial charge in [-0.15, -0.1) is 0 Å². The fraction of sp³-hybridized carbons (Fsp3) is 0.909. The predicted octanol–water partition coefficient (Wildman–Crippen LogP) is 0.908. The molecule has 2 atom stereocenters. The highest BCUT2D eigenvalue weighted by atomic mass is 16.6. The molecule has 0 aromatic carbocycles. The van der Waals surface area contributed by atoms with Gasteiger partial charge in [0.05, 0.1) is 12.7 Å². The number of hydrogen-bond acceptors (Lipinski definition) is 4. The molecule has 1 amide bonds. The zero-order valence-corrected chi connectivity index (χ0v) is 10.2. The Labute approximate surface area is 96.1 Å². The van der Waals surface area contributed by atoms with Gasteiger partial charge in [-0.2, -0.15) is 0 Å². The van der Waals surface area contributed by atoms with Gasteiger partial charge in [-0.25, -0.2) is 4.79 Å². The summed E-state index contributed by atoms with van der Waals surface area (Å²) in [5, 5.41) is 11.3. The van der Waals surface area contributed by atoms with Crippen LogP contribution in [0.4, 0.5) is 4.79 Å². The lowest BCUT2D eigenvalue weighted by atomic mass is 9.64. The second-order valence-electron chi connectivity index (χ2n) is 4.56. The van der Waals surface area contributed by atoms with Gasteiger partial charge in [0.15, 0.2) is 0 Å². The van der Waals surface area contributed by atoms with Crippen molar-refractivity contribution >= 4 is 6.09 Å². The van der Waals surface area contributed by atoms with E-state index in [4.69, 9.17) is 14.6 Å². The number of nitrogens with one attached hydrogen (secondary N) is 1.